The summed E-state index contributed by atoms with van der Waals surface area (Å²) in [4.78, 5) is 8.71. The molecule has 1 aliphatic rings. The zero-order valence-electron chi connectivity index (χ0n) is 14.5. The van der Waals surface area contributed by atoms with Crippen LogP contribution < -0.4 is 16.1 Å². The predicted octanol–water partition coefficient (Wildman–Crippen LogP) is 1.25. The molecule has 1 aliphatic carbocycles. The van der Waals surface area contributed by atoms with Gasteiger partial charge in [0.15, 0.2) is 5.65 Å². The van der Waals surface area contributed by atoms with E-state index in [2.05, 4.69) is 25.7 Å². The number of anilines is 2. The van der Waals surface area contributed by atoms with Gasteiger partial charge in [0.1, 0.15) is 19.5 Å². The minimum absolute atomic E-state index is 0.00835. The summed E-state index contributed by atoms with van der Waals surface area (Å²) in [6.45, 7) is 0.609. The van der Waals surface area contributed by atoms with Crippen LogP contribution in [0.2, 0.25) is 0 Å². The lowest BCUT2D eigenvalue weighted by atomic mass is 9.92. The summed E-state index contributed by atoms with van der Waals surface area (Å²) >= 11 is 0. The number of aliphatic hydroxyl groups is 1. The van der Waals surface area contributed by atoms with Gasteiger partial charge in [0.25, 0.3) is 0 Å². The summed E-state index contributed by atoms with van der Waals surface area (Å²) in [5.74, 6) is 1.47. The fourth-order valence-electron chi connectivity index (χ4n) is 3.34. The van der Waals surface area contributed by atoms with Crippen molar-refractivity contribution in [2.45, 2.75) is 44.4 Å². The van der Waals surface area contributed by atoms with Crippen molar-refractivity contribution >= 4 is 30.6 Å². The fourth-order valence-corrected chi connectivity index (χ4v) is 3.34. The van der Waals surface area contributed by atoms with Crippen molar-refractivity contribution < 1.29 is 5.11 Å². The first kappa shape index (κ1) is 16.8. The van der Waals surface area contributed by atoms with Crippen molar-refractivity contribution in [1.29, 1.82) is 0 Å². The molecule has 7 nitrogen and oxygen atoms in total. The zero-order chi connectivity index (χ0) is 17.9. The Bertz CT molecular complexity index is 884. The highest BCUT2D eigenvalue weighted by Crippen LogP contribution is 2.23. The molecule has 0 amide bonds. The minimum atomic E-state index is -0.351. The summed E-state index contributed by atoms with van der Waals surface area (Å²) in [5.41, 5.74) is 2.17. The number of rotatable bonds is 5. The Labute approximate surface area is 153 Å². The number of hydrogen-bond donors (Lipinski definition) is 3. The maximum absolute atomic E-state index is 10.2. The third-order valence-electron chi connectivity index (χ3n) is 4.76. The molecule has 0 unspecified atom stereocenters. The summed E-state index contributed by atoms with van der Waals surface area (Å²) in [7, 11) is 6.02. The molecular formula is C18H21BN6O. The molecule has 26 heavy (non-hydrogen) atoms. The molecule has 3 N–H and O–H groups in total. The van der Waals surface area contributed by atoms with Crippen LogP contribution >= 0.6 is 0 Å². The Morgan fingerprint density at radius 2 is 2.15 bits per heavy atom. The molecule has 3 aromatic heterocycles. The highest BCUT2D eigenvalue weighted by Gasteiger charge is 2.23. The molecule has 0 aliphatic heterocycles. The summed E-state index contributed by atoms with van der Waals surface area (Å²) < 4.78 is 1.69. The highest BCUT2D eigenvalue weighted by molar-refractivity contribution is 6.36. The Morgan fingerprint density at radius 1 is 1.27 bits per heavy atom. The van der Waals surface area contributed by atoms with E-state index < -0.39 is 0 Å². The Morgan fingerprint density at radius 3 is 2.96 bits per heavy atom. The van der Waals surface area contributed by atoms with E-state index in [1.807, 2.05) is 24.4 Å². The smallest absolute Gasteiger partial charge is 0.152 e. The van der Waals surface area contributed by atoms with Crippen molar-refractivity contribution in [2.75, 3.05) is 10.6 Å². The van der Waals surface area contributed by atoms with E-state index in [9.17, 15) is 5.11 Å². The number of nitrogens with one attached hydrogen (secondary N) is 2. The van der Waals surface area contributed by atoms with Crippen LogP contribution in [0.4, 0.5) is 11.6 Å². The van der Waals surface area contributed by atoms with Crippen molar-refractivity contribution in [3.8, 4) is 0 Å². The van der Waals surface area contributed by atoms with E-state index in [0.717, 1.165) is 37.1 Å². The average Bonchev–Trinajstić information content (AvgIpc) is 3.04. The van der Waals surface area contributed by atoms with Crippen LogP contribution in [0.25, 0.3) is 5.65 Å². The van der Waals surface area contributed by atoms with E-state index in [1.54, 1.807) is 16.9 Å². The quantitative estimate of drug-likeness (QED) is 0.602. The van der Waals surface area contributed by atoms with E-state index in [0.29, 0.717) is 23.5 Å². The van der Waals surface area contributed by atoms with Gasteiger partial charge in [0, 0.05) is 31.2 Å². The van der Waals surface area contributed by atoms with Crippen LogP contribution in [0.5, 0.6) is 0 Å². The number of pyridine rings is 1. The minimum Gasteiger partial charge on any atom is -0.391 e. The van der Waals surface area contributed by atoms with Crippen LogP contribution in [0, 0.1) is 0 Å². The van der Waals surface area contributed by atoms with Crippen LogP contribution in [0.3, 0.4) is 0 Å². The van der Waals surface area contributed by atoms with Gasteiger partial charge in [-0.2, -0.15) is 9.61 Å². The van der Waals surface area contributed by atoms with Crippen LogP contribution in [0.15, 0.2) is 36.8 Å². The molecule has 4 rings (SSSR count). The maximum atomic E-state index is 10.2. The van der Waals surface area contributed by atoms with Gasteiger partial charge in [-0.05, 0) is 29.9 Å². The molecule has 8 heteroatoms. The lowest BCUT2D eigenvalue weighted by molar-refractivity contribution is 0.116. The second-order valence-corrected chi connectivity index (χ2v) is 6.68. The SMILES string of the molecule is [B]c1cnn2c(NCc3cccnc3)cc(N[C@H]3CCCC[C@@H]3O)nc12. The maximum Gasteiger partial charge on any atom is 0.152 e. The molecule has 132 valence electrons. The number of nitrogens with zero attached hydrogens (tertiary/aromatic N) is 4. The molecule has 2 atom stereocenters. The highest BCUT2D eigenvalue weighted by atomic mass is 16.3. The van der Waals surface area contributed by atoms with E-state index in [1.165, 1.54) is 0 Å². The van der Waals surface area contributed by atoms with Gasteiger partial charge in [0.05, 0.1) is 12.1 Å². The molecule has 0 saturated heterocycles. The molecule has 1 fully saturated rings. The monoisotopic (exact) mass is 348 g/mol. The molecule has 0 spiro atoms. The van der Waals surface area contributed by atoms with E-state index in [-0.39, 0.29) is 12.1 Å². The third kappa shape index (κ3) is 3.50. The second-order valence-electron chi connectivity index (χ2n) is 6.68. The van der Waals surface area contributed by atoms with Crippen molar-refractivity contribution in [3.63, 3.8) is 0 Å². The Balaban J connectivity index is 1.60. The summed E-state index contributed by atoms with van der Waals surface area (Å²) in [5, 5.41) is 21.3. The van der Waals surface area contributed by atoms with Crippen molar-refractivity contribution in [2.24, 2.45) is 0 Å². The van der Waals surface area contributed by atoms with Gasteiger partial charge in [-0.15, -0.1) is 0 Å². The van der Waals surface area contributed by atoms with E-state index in [4.69, 9.17) is 7.85 Å². The Kier molecular flexibility index (Phi) is 4.75. The van der Waals surface area contributed by atoms with Crippen LogP contribution in [-0.2, 0) is 6.54 Å². The normalized spacial score (nSPS) is 20.2. The molecule has 3 aromatic rings. The second kappa shape index (κ2) is 7.33. The lowest BCUT2D eigenvalue weighted by Gasteiger charge is -2.29. The van der Waals surface area contributed by atoms with Gasteiger partial charge in [-0.25, -0.2) is 4.98 Å². The largest absolute Gasteiger partial charge is 0.391 e. The Hall–Kier alpha value is -2.61. The molecule has 3 heterocycles. The third-order valence-corrected chi connectivity index (χ3v) is 4.76. The molecule has 0 aromatic carbocycles. The van der Waals surface area contributed by atoms with Gasteiger partial charge >= 0.3 is 0 Å². The topological polar surface area (TPSA) is 87.4 Å². The predicted molar refractivity (Wildman–Crippen MR) is 102 cm³/mol. The standard InChI is InChI=1S/C18H21BN6O/c19-13-11-22-25-17(21-10-12-4-3-7-20-9-12)8-16(24-18(13)25)23-14-5-1-2-6-15(14)26/h3-4,7-9,11,14-15,21,26H,1-2,5-6,10H2,(H,23,24)/t14-,15-/m0/s1. The average molecular weight is 348 g/mol. The van der Waals surface area contributed by atoms with Gasteiger partial charge in [0.2, 0.25) is 0 Å². The molecular weight excluding hydrogens is 327 g/mol. The van der Waals surface area contributed by atoms with E-state index >= 15 is 0 Å². The molecule has 2 radical (unpaired) electrons. The first-order valence-corrected chi connectivity index (χ1v) is 8.92. The molecule has 1 saturated carbocycles. The number of aromatic nitrogens is 4. The van der Waals surface area contributed by atoms with Crippen LogP contribution in [-0.4, -0.2) is 44.7 Å². The summed E-state index contributed by atoms with van der Waals surface area (Å²) in [6, 6.07) is 5.82. The zero-order valence-corrected chi connectivity index (χ0v) is 14.5. The fraction of sp³-hybridized carbons (Fsp3) is 0.389. The summed E-state index contributed by atoms with van der Waals surface area (Å²) in [6.07, 6.45) is 8.74. The first-order valence-electron chi connectivity index (χ1n) is 8.92. The van der Waals surface area contributed by atoms with Crippen LogP contribution in [0.1, 0.15) is 31.2 Å². The van der Waals surface area contributed by atoms with Crippen molar-refractivity contribution in [3.05, 3.63) is 42.4 Å². The van der Waals surface area contributed by atoms with Gasteiger partial charge in [-0.3, -0.25) is 4.98 Å². The number of hydrogen-bond acceptors (Lipinski definition) is 6. The molecule has 0 bridgehead atoms. The first-order chi connectivity index (χ1) is 12.7. The van der Waals surface area contributed by atoms with Gasteiger partial charge in [-0.1, -0.05) is 18.9 Å². The number of aliphatic hydroxyl groups excluding tert-OH is 1. The lowest BCUT2D eigenvalue weighted by Crippen LogP contribution is -2.36. The van der Waals surface area contributed by atoms with Gasteiger partial charge < -0.3 is 15.7 Å². The van der Waals surface area contributed by atoms with Crippen molar-refractivity contribution in [1.82, 2.24) is 19.6 Å². The number of fused-ring (bicyclic) bond motifs is 1.